The van der Waals surface area contributed by atoms with Gasteiger partial charge in [0.1, 0.15) is 6.54 Å². The zero-order chi connectivity index (χ0) is 15.5. The standard InChI is InChI=1S/C13H25N3O4/c1-3-5-7-16(9-11(14)17)13(20)15-8-10(6-4-2)12(18)19/h10H,3-9H2,1-2H3,(H2,14,17)(H,15,20)(H,18,19). The lowest BCUT2D eigenvalue weighted by Gasteiger charge is -2.22. The van der Waals surface area contributed by atoms with Gasteiger partial charge in [0.2, 0.25) is 5.91 Å². The van der Waals surface area contributed by atoms with Gasteiger partial charge < -0.3 is 21.1 Å². The molecule has 0 saturated carbocycles. The minimum atomic E-state index is -0.929. The highest BCUT2D eigenvalue weighted by atomic mass is 16.4. The molecule has 0 aromatic carbocycles. The first-order chi connectivity index (χ1) is 9.42. The normalized spacial score (nSPS) is 11.7. The minimum Gasteiger partial charge on any atom is -0.481 e. The number of primary amides is 1. The summed E-state index contributed by atoms with van der Waals surface area (Å²) in [6.45, 7) is 4.19. The van der Waals surface area contributed by atoms with Crippen LogP contribution in [0, 0.1) is 5.92 Å². The molecule has 0 saturated heterocycles. The number of carboxylic acids is 1. The number of amides is 3. The molecule has 0 aliphatic heterocycles. The van der Waals surface area contributed by atoms with Gasteiger partial charge in [-0.05, 0) is 12.8 Å². The molecule has 4 N–H and O–H groups in total. The highest BCUT2D eigenvalue weighted by molar-refractivity contribution is 5.83. The van der Waals surface area contributed by atoms with E-state index < -0.39 is 23.8 Å². The van der Waals surface area contributed by atoms with E-state index in [0.29, 0.717) is 13.0 Å². The van der Waals surface area contributed by atoms with E-state index in [1.807, 2.05) is 13.8 Å². The van der Waals surface area contributed by atoms with Gasteiger partial charge in [0.05, 0.1) is 5.92 Å². The lowest BCUT2D eigenvalue weighted by Crippen LogP contribution is -2.46. The fourth-order valence-electron chi connectivity index (χ4n) is 1.77. The van der Waals surface area contributed by atoms with Gasteiger partial charge in [-0.15, -0.1) is 0 Å². The number of aliphatic carboxylic acids is 1. The Balaban J connectivity index is 4.42. The molecule has 0 aromatic rings. The van der Waals surface area contributed by atoms with Crippen LogP contribution in [0.4, 0.5) is 4.79 Å². The summed E-state index contributed by atoms with van der Waals surface area (Å²) in [6.07, 6.45) is 2.88. The van der Waals surface area contributed by atoms with Crippen molar-refractivity contribution in [2.24, 2.45) is 11.7 Å². The average Bonchev–Trinajstić information content (AvgIpc) is 2.38. The summed E-state index contributed by atoms with van der Waals surface area (Å²) in [5, 5.41) is 11.6. The first-order valence-corrected chi connectivity index (χ1v) is 6.96. The summed E-state index contributed by atoms with van der Waals surface area (Å²) in [5.74, 6) is -2.12. The molecule has 0 spiro atoms. The number of hydrogen-bond donors (Lipinski definition) is 3. The van der Waals surface area contributed by atoms with E-state index in [4.69, 9.17) is 10.8 Å². The molecular weight excluding hydrogens is 262 g/mol. The van der Waals surface area contributed by atoms with Crippen molar-refractivity contribution in [1.82, 2.24) is 10.2 Å². The Labute approximate surface area is 119 Å². The number of carboxylic acid groups (broad SMARTS) is 1. The number of rotatable bonds is 10. The molecule has 116 valence electrons. The van der Waals surface area contributed by atoms with Gasteiger partial charge in [0.25, 0.3) is 0 Å². The zero-order valence-corrected chi connectivity index (χ0v) is 12.2. The monoisotopic (exact) mass is 287 g/mol. The van der Waals surface area contributed by atoms with E-state index in [0.717, 1.165) is 19.3 Å². The second-order valence-corrected chi connectivity index (χ2v) is 4.75. The lowest BCUT2D eigenvalue weighted by atomic mass is 10.0. The largest absolute Gasteiger partial charge is 0.481 e. The van der Waals surface area contributed by atoms with Crippen LogP contribution >= 0.6 is 0 Å². The first-order valence-electron chi connectivity index (χ1n) is 6.96. The summed E-state index contributed by atoms with van der Waals surface area (Å²) in [6, 6.07) is -0.445. The van der Waals surface area contributed by atoms with E-state index in [9.17, 15) is 14.4 Å². The molecule has 0 aromatic heterocycles. The topological polar surface area (TPSA) is 113 Å². The number of urea groups is 1. The molecule has 1 unspecified atom stereocenters. The van der Waals surface area contributed by atoms with E-state index in [1.165, 1.54) is 4.90 Å². The maximum Gasteiger partial charge on any atom is 0.317 e. The highest BCUT2D eigenvalue weighted by Crippen LogP contribution is 2.05. The van der Waals surface area contributed by atoms with Crippen LogP contribution in [0.2, 0.25) is 0 Å². The fourth-order valence-corrected chi connectivity index (χ4v) is 1.77. The predicted molar refractivity (Wildman–Crippen MR) is 75.1 cm³/mol. The van der Waals surface area contributed by atoms with Crippen molar-refractivity contribution in [3.8, 4) is 0 Å². The van der Waals surface area contributed by atoms with E-state index in [2.05, 4.69) is 5.32 Å². The molecule has 0 fully saturated rings. The Bertz CT molecular complexity index is 334. The van der Waals surface area contributed by atoms with Crippen molar-refractivity contribution >= 4 is 17.9 Å². The summed E-state index contributed by atoms with van der Waals surface area (Å²) >= 11 is 0. The maximum absolute atomic E-state index is 11.9. The number of nitrogens with zero attached hydrogens (tertiary/aromatic N) is 1. The third kappa shape index (κ3) is 7.60. The first kappa shape index (κ1) is 18.2. The van der Waals surface area contributed by atoms with Gasteiger partial charge >= 0.3 is 12.0 Å². The van der Waals surface area contributed by atoms with Crippen molar-refractivity contribution in [2.45, 2.75) is 39.5 Å². The maximum atomic E-state index is 11.9. The van der Waals surface area contributed by atoms with Crippen LogP contribution in [0.25, 0.3) is 0 Å². The molecule has 3 amide bonds. The zero-order valence-electron chi connectivity index (χ0n) is 12.2. The molecular formula is C13H25N3O4. The van der Waals surface area contributed by atoms with Crippen molar-refractivity contribution in [1.29, 1.82) is 0 Å². The third-order valence-electron chi connectivity index (χ3n) is 2.90. The predicted octanol–water partition coefficient (Wildman–Crippen LogP) is 0.784. The van der Waals surface area contributed by atoms with Crippen molar-refractivity contribution in [2.75, 3.05) is 19.6 Å². The number of nitrogens with two attached hydrogens (primary N) is 1. The summed E-state index contributed by atoms with van der Waals surface area (Å²) in [4.78, 5) is 35.2. The summed E-state index contributed by atoms with van der Waals surface area (Å²) in [7, 11) is 0. The molecule has 0 heterocycles. The molecule has 0 radical (unpaired) electrons. The van der Waals surface area contributed by atoms with Gasteiger partial charge in [-0.2, -0.15) is 0 Å². The van der Waals surface area contributed by atoms with Crippen LogP contribution < -0.4 is 11.1 Å². The number of carbonyl (C=O) groups excluding carboxylic acids is 2. The Kier molecular flexibility index (Phi) is 9.15. The molecule has 1 atom stereocenters. The third-order valence-corrected chi connectivity index (χ3v) is 2.90. The van der Waals surface area contributed by atoms with Crippen LogP contribution in [0.3, 0.4) is 0 Å². The van der Waals surface area contributed by atoms with Gasteiger partial charge in [-0.1, -0.05) is 26.7 Å². The van der Waals surface area contributed by atoms with E-state index in [1.54, 1.807) is 0 Å². The number of carbonyl (C=O) groups is 3. The van der Waals surface area contributed by atoms with Crippen LogP contribution in [0.5, 0.6) is 0 Å². The second-order valence-electron chi connectivity index (χ2n) is 4.75. The second kappa shape index (κ2) is 10.1. The molecule has 20 heavy (non-hydrogen) atoms. The molecule has 7 heteroatoms. The quantitative estimate of drug-likeness (QED) is 0.551. The van der Waals surface area contributed by atoms with Crippen molar-refractivity contribution in [3.05, 3.63) is 0 Å². The smallest absolute Gasteiger partial charge is 0.317 e. The van der Waals surface area contributed by atoms with Crippen LogP contribution in [-0.2, 0) is 9.59 Å². The Hall–Kier alpha value is -1.79. The van der Waals surface area contributed by atoms with Crippen LogP contribution in [0.15, 0.2) is 0 Å². The SMILES string of the molecule is CCCCN(CC(N)=O)C(=O)NCC(CCC)C(=O)O. The van der Waals surface area contributed by atoms with Crippen molar-refractivity contribution < 1.29 is 19.5 Å². The molecule has 0 bridgehead atoms. The van der Waals surface area contributed by atoms with E-state index >= 15 is 0 Å². The van der Waals surface area contributed by atoms with Crippen LogP contribution in [-0.4, -0.2) is 47.5 Å². The number of nitrogens with one attached hydrogen (secondary N) is 1. The Morgan fingerprint density at radius 1 is 1.25 bits per heavy atom. The summed E-state index contributed by atoms with van der Waals surface area (Å²) < 4.78 is 0. The lowest BCUT2D eigenvalue weighted by molar-refractivity contribution is -0.141. The molecule has 0 aliphatic rings. The van der Waals surface area contributed by atoms with Crippen molar-refractivity contribution in [3.63, 3.8) is 0 Å². The Morgan fingerprint density at radius 3 is 2.35 bits per heavy atom. The van der Waals surface area contributed by atoms with Gasteiger partial charge in [-0.3, -0.25) is 9.59 Å². The van der Waals surface area contributed by atoms with E-state index in [-0.39, 0.29) is 13.1 Å². The Morgan fingerprint density at radius 2 is 1.90 bits per heavy atom. The van der Waals surface area contributed by atoms with Gasteiger partial charge in [-0.25, -0.2) is 4.79 Å². The van der Waals surface area contributed by atoms with Gasteiger partial charge in [0.15, 0.2) is 0 Å². The fraction of sp³-hybridized carbons (Fsp3) is 0.769. The highest BCUT2D eigenvalue weighted by Gasteiger charge is 2.20. The van der Waals surface area contributed by atoms with Crippen LogP contribution in [0.1, 0.15) is 39.5 Å². The molecule has 0 rings (SSSR count). The molecule has 0 aliphatic carbocycles. The summed E-state index contributed by atoms with van der Waals surface area (Å²) in [5.41, 5.74) is 5.10. The van der Waals surface area contributed by atoms with Gasteiger partial charge in [0, 0.05) is 13.1 Å². The number of unbranched alkanes of at least 4 members (excludes halogenated alkanes) is 1. The average molecular weight is 287 g/mol. The molecule has 7 nitrogen and oxygen atoms in total. The minimum absolute atomic E-state index is 0.0589. The number of hydrogen-bond acceptors (Lipinski definition) is 3.